The summed E-state index contributed by atoms with van der Waals surface area (Å²) >= 11 is 0. The molecule has 0 saturated heterocycles. The minimum atomic E-state index is -3.98. The van der Waals surface area contributed by atoms with Crippen LogP contribution < -0.4 is 10.5 Å². The SMILES string of the molecule is Cc1nc2cc(NC(=O)c3ccc(S(N)(=O)=O)o3)ccc2o1. The molecular formula is C13H11N3O5S. The molecule has 0 aliphatic carbocycles. The van der Waals surface area contributed by atoms with Crippen LogP contribution in [0.4, 0.5) is 5.69 Å². The van der Waals surface area contributed by atoms with Crippen LogP contribution in [0.1, 0.15) is 16.4 Å². The number of carbonyl (C=O) groups is 1. The van der Waals surface area contributed by atoms with Crippen LogP contribution >= 0.6 is 0 Å². The van der Waals surface area contributed by atoms with Crippen molar-refractivity contribution >= 4 is 32.7 Å². The summed E-state index contributed by atoms with van der Waals surface area (Å²) in [7, 11) is -3.98. The number of sulfonamides is 1. The highest BCUT2D eigenvalue weighted by Gasteiger charge is 2.17. The van der Waals surface area contributed by atoms with Gasteiger partial charge in [-0.1, -0.05) is 0 Å². The molecule has 9 heteroatoms. The van der Waals surface area contributed by atoms with Gasteiger partial charge in [-0.05, 0) is 30.3 Å². The van der Waals surface area contributed by atoms with Gasteiger partial charge in [0.15, 0.2) is 17.2 Å². The molecule has 0 radical (unpaired) electrons. The fraction of sp³-hybridized carbons (Fsp3) is 0.0769. The maximum absolute atomic E-state index is 12.0. The topological polar surface area (TPSA) is 128 Å². The van der Waals surface area contributed by atoms with Crippen LogP contribution in [0.5, 0.6) is 0 Å². The first kappa shape index (κ1) is 14.3. The molecule has 0 saturated carbocycles. The molecule has 2 heterocycles. The second-order valence-electron chi connectivity index (χ2n) is 4.53. The molecule has 22 heavy (non-hydrogen) atoms. The van der Waals surface area contributed by atoms with Crippen molar-refractivity contribution in [2.24, 2.45) is 5.14 Å². The van der Waals surface area contributed by atoms with Crippen molar-refractivity contribution < 1.29 is 22.0 Å². The van der Waals surface area contributed by atoms with Gasteiger partial charge in [-0.3, -0.25) is 4.79 Å². The molecule has 1 amide bonds. The number of hydrogen-bond acceptors (Lipinski definition) is 6. The third-order valence-corrected chi connectivity index (χ3v) is 3.62. The normalized spacial score (nSPS) is 11.7. The third-order valence-electron chi connectivity index (χ3n) is 2.84. The zero-order valence-corrected chi connectivity index (χ0v) is 12.2. The average molecular weight is 321 g/mol. The Balaban J connectivity index is 1.84. The Morgan fingerprint density at radius 3 is 2.68 bits per heavy atom. The van der Waals surface area contributed by atoms with Gasteiger partial charge in [0.1, 0.15) is 5.52 Å². The van der Waals surface area contributed by atoms with Gasteiger partial charge in [-0.25, -0.2) is 18.5 Å². The molecule has 0 bridgehead atoms. The molecule has 3 aromatic rings. The third kappa shape index (κ3) is 2.71. The lowest BCUT2D eigenvalue weighted by atomic mass is 10.3. The smallest absolute Gasteiger partial charge is 0.291 e. The fourth-order valence-corrected chi connectivity index (χ4v) is 2.37. The van der Waals surface area contributed by atoms with Gasteiger partial charge in [0.25, 0.3) is 15.9 Å². The van der Waals surface area contributed by atoms with Gasteiger partial charge in [0.2, 0.25) is 5.09 Å². The van der Waals surface area contributed by atoms with Crippen molar-refractivity contribution in [3.8, 4) is 0 Å². The molecule has 0 unspecified atom stereocenters. The quantitative estimate of drug-likeness (QED) is 0.754. The molecule has 0 fully saturated rings. The minimum Gasteiger partial charge on any atom is -0.441 e. The number of anilines is 1. The molecule has 114 valence electrons. The summed E-state index contributed by atoms with van der Waals surface area (Å²) in [5.74, 6) is -0.253. The molecule has 2 aromatic heterocycles. The van der Waals surface area contributed by atoms with E-state index in [9.17, 15) is 13.2 Å². The molecule has 3 N–H and O–H groups in total. The van der Waals surface area contributed by atoms with Crippen LogP contribution in [0.2, 0.25) is 0 Å². The Kier molecular flexibility index (Phi) is 3.23. The van der Waals surface area contributed by atoms with Crippen molar-refractivity contribution in [3.05, 3.63) is 42.0 Å². The van der Waals surface area contributed by atoms with E-state index in [2.05, 4.69) is 10.3 Å². The number of primary sulfonamides is 1. The number of nitrogens with two attached hydrogens (primary N) is 1. The van der Waals surface area contributed by atoms with Crippen molar-refractivity contribution in [1.29, 1.82) is 0 Å². The van der Waals surface area contributed by atoms with E-state index in [-0.39, 0.29) is 5.76 Å². The van der Waals surface area contributed by atoms with E-state index in [0.29, 0.717) is 22.7 Å². The van der Waals surface area contributed by atoms with Gasteiger partial charge in [-0.2, -0.15) is 0 Å². The lowest BCUT2D eigenvalue weighted by molar-refractivity contribution is 0.0991. The zero-order chi connectivity index (χ0) is 15.9. The van der Waals surface area contributed by atoms with Crippen molar-refractivity contribution in [1.82, 2.24) is 4.98 Å². The maximum atomic E-state index is 12.0. The first-order valence-electron chi connectivity index (χ1n) is 6.14. The Labute approximate surface area is 125 Å². The summed E-state index contributed by atoms with van der Waals surface area (Å²) < 4.78 is 32.5. The summed E-state index contributed by atoms with van der Waals surface area (Å²) in [4.78, 5) is 16.2. The lowest BCUT2D eigenvalue weighted by Crippen LogP contribution is -2.12. The van der Waals surface area contributed by atoms with Crippen molar-refractivity contribution in [2.75, 3.05) is 5.32 Å². The number of nitrogens with zero attached hydrogens (tertiary/aromatic N) is 1. The minimum absolute atomic E-state index is 0.166. The largest absolute Gasteiger partial charge is 0.441 e. The highest BCUT2D eigenvalue weighted by Crippen LogP contribution is 2.21. The fourth-order valence-electron chi connectivity index (χ4n) is 1.91. The number of nitrogens with one attached hydrogen (secondary N) is 1. The molecule has 3 rings (SSSR count). The van der Waals surface area contributed by atoms with E-state index < -0.39 is 21.0 Å². The van der Waals surface area contributed by atoms with Crippen molar-refractivity contribution in [2.45, 2.75) is 12.0 Å². The van der Waals surface area contributed by atoms with Crippen LogP contribution in [-0.4, -0.2) is 19.3 Å². The van der Waals surface area contributed by atoms with E-state index in [4.69, 9.17) is 14.0 Å². The van der Waals surface area contributed by atoms with E-state index in [1.54, 1.807) is 25.1 Å². The Morgan fingerprint density at radius 2 is 2.00 bits per heavy atom. The van der Waals surface area contributed by atoms with E-state index in [1.807, 2.05) is 0 Å². The summed E-state index contributed by atoms with van der Waals surface area (Å²) in [5.41, 5.74) is 1.67. The van der Waals surface area contributed by atoms with Crippen LogP contribution in [0.15, 0.2) is 44.3 Å². The van der Waals surface area contributed by atoms with Gasteiger partial charge < -0.3 is 14.2 Å². The predicted molar refractivity (Wildman–Crippen MR) is 76.8 cm³/mol. The summed E-state index contributed by atoms with van der Waals surface area (Å²) in [6.07, 6.45) is 0. The number of carbonyl (C=O) groups excluding carboxylic acids is 1. The number of fused-ring (bicyclic) bond motifs is 1. The first-order chi connectivity index (χ1) is 10.3. The molecule has 0 atom stereocenters. The standard InChI is InChI=1S/C13H11N3O5S/c1-7-15-9-6-8(2-3-10(9)20-7)16-13(17)11-4-5-12(21-11)22(14,18)19/h2-6H,1H3,(H,16,17)(H2,14,18,19). The Hall–Kier alpha value is -2.65. The number of oxazole rings is 1. The molecule has 8 nitrogen and oxygen atoms in total. The predicted octanol–water partition coefficient (Wildman–Crippen LogP) is 1.63. The molecule has 1 aromatic carbocycles. The lowest BCUT2D eigenvalue weighted by Gasteiger charge is -2.02. The molecule has 0 spiro atoms. The van der Waals surface area contributed by atoms with Crippen LogP contribution in [0.25, 0.3) is 11.1 Å². The zero-order valence-electron chi connectivity index (χ0n) is 11.4. The van der Waals surface area contributed by atoms with Crippen molar-refractivity contribution in [3.63, 3.8) is 0 Å². The number of aryl methyl sites for hydroxylation is 1. The van der Waals surface area contributed by atoms with Gasteiger partial charge in [0.05, 0.1) is 0 Å². The monoisotopic (exact) mass is 321 g/mol. The summed E-state index contributed by atoms with van der Waals surface area (Å²) in [5, 5.41) is 7.02. The van der Waals surface area contributed by atoms with Crippen LogP contribution in [0, 0.1) is 6.92 Å². The van der Waals surface area contributed by atoms with E-state index >= 15 is 0 Å². The van der Waals surface area contributed by atoms with E-state index in [0.717, 1.165) is 6.07 Å². The Bertz CT molecular complexity index is 971. The highest BCUT2D eigenvalue weighted by molar-refractivity contribution is 7.89. The van der Waals surface area contributed by atoms with E-state index in [1.165, 1.54) is 6.07 Å². The molecule has 0 aliphatic heterocycles. The van der Waals surface area contributed by atoms with Gasteiger partial charge in [0, 0.05) is 12.6 Å². The number of hydrogen-bond donors (Lipinski definition) is 2. The van der Waals surface area contributed by atoms with Gasteiger partial charge >= 0.3 is 0 Å². The highest BCUT2D eigenvalue weighted by atomic mass is 32.2. The number of furan rings is 1. The average Bonchev–Trinajstić information content (AvgIpc) is 3.02. The Morgan fingerprint density at radius 1 is 1.23 bits per heavy atom. The number of amides is 1. The first-order valence-corrected chi connectivity index (χ1v) is 7.69. The second kappa shape index (κ2) is 4.97. The maximum Gasteiger partial charge on any atom is 0.291 e. The van der Waals surface area contributed by atoms with Gasteiger partial charge in [-0.15, -0.1) is 0 Å². The second-order valence-corrected chi connectivity index (χ2v) is 6.03. The van der Waals surface area contributed by atoms with Crippen LogP contribution in [-0.2, 0) is 10.0 Å². The number of aromatic nitrogens is 1. The molecular weight excluding hydrogens is 310 g/mol. The summed E-state index contributed by atoms with van der Waals surface area (Å²) in [6.45, 7) is 1.72. The summed E-state index contributed by atoms with van der Waals surface area (Å²) in [6, 6.07) is 7.28. The molecule has 0 aliphatic rings. The number of benzene rings is 1. The van der Waals surface area contributed by atoms with Crippen LogP contribution in [0.3, 0.4) is 0 Å². The number of rotatable bonds is 3.